The van der Waals surface area contributed by atoms with Crippen molar-refractivity contribution in [1.82, 2.24) is 0 Å². The summed E-state index contributed by atoms with van der Waals surface area (Å²) in [7, 11) is 0. The molecule has 5 heteroatoms. The van der Waals surface area contributed by atoms with Crippen molar-refractivity contribution in [3.8, 4) is 5.75 Å². The Morgan fingerprint density at radius 1 is 0.523 bits per heavy atom. The largest absolute Gasteiger partial charge is 0.492 e. The number of fused-ring (bicyclic) bond motifs is 3. The second-order valence-electron chi connectivity index (χ2n) is 11.6. The number of aryl methyl sites for hydroxylation is 2. The number of benzene rings is 6. The van der Waals surface area contributed by atoms with Gasteiger partial charge in [0.2, 0.25) is 0 Å². The van der Waals surface area contributed by atoms with Crippen LogP contribution in [-0.2, 0) is 11.8 Å². The van der Waals surface area contributed by atoms with Crippen LogP contribution in [0.3, 0.4) is 0 Å². The molecule has 1 heterocycles. The highest BCUT2D eigenvalue weighted by atomic mass is 16.5. The molecule has 5 nitrogen and oxygen atoms in total. The molecule has 6 aromatic carbocycles. The molecule has 0 fully saturated rings. The molecule has 44 heavy (non-hydrogen) atoms. The van der Waals surface area contributed by atoms with Gasteiger partial charge in [-0.15, -0.1) is 0 Å². The normalized spacial score (nSPS) is 13.4. The van der Waals surface area contributed by atoms with E-state index in [0.717, 1.165) is 46.0 Å². The minimum absolute atomic E-state index is 0.491. The predicted octanol–water partition coefficient (Wildman–Crippen LogP) is 9.26. The first-order chi connectivity index (χ1) is 21.6. The lowest BCUT2D eigenvalue weighted by Crippen LogP contribution is -2.41. The average molecular weight is 577 g/mol. The monoisotopic (exact) mass is 576 g/mol. The second kappa shape index (κ2) is 11.7. The van der Waals surface area contributed by atoms with Crippen LogP contribution < -0.4 is 26.4 Å². The van der Waals surface area contributed by atoms with E-state index >= 15 is 0 Å². The fraction of sp³-hybridized carbons (Fsp3) is 0.128. The molecule has 0 aromatic heterocycles. The molecule has 1 aliphatic rings. The van der Waals surface area contributed by atoms with Gasteiger partial charge in [-0.3, -0.25) is 0 Å². The summed E-state index contributed by atoms with van der Waals surface area (Å²) in [6.45, 7) is 4.69. The molecule has 6 aromatic rings. The highest BCUT2D eigenvalue weighted by Crippen LogP contribution is 2.48. The molecular weight excluding hydrogens is 540 g/mol. The summed E-state index contributed by atoms with van der Waals surface area (Å²) in [5.74, 6) is 0.950. The van der Waals surface area contributed by atoms with Gasteiger partial charge in [0.15, 0.2) is 0 Å². The van der Waals surface area contributed by atoms with Crippen molar-refractivity contribution in [3.63, 3.8) is 0 Å². The summed E-state index contributed by atoms with van der Waals surface area (Å²) in [4.78, 5) is 0. The Kier molecular flexibility index (Phi) is 7.29. The van der Waals surface area contributed by atoms with E-state index < -0.39 is 5.41 Å². The fourth-order valence-electron chi connectivity index (χ4n) is 6.25. The molecule has 7 rings (SSSR count). The van der Waals surface area contributed by atoms with Crippen LogP contribution in [0, 0.1) is 13.8 Å². The number of anilines is 4. The van der Waals surface area contributed by atoms with Crippen LogP contribution in [-0.4, -0.2) is 6.61 Å². The number of hydrazine groups is 2. The van der Waals surface area contributed by atoms with E-state index in [2.05, 4.69) is 169 Å². The van der Waals surface area contributed by atoms with Crippen molar-refractivity contribution < 1.29 is 4.74 Å². The van der Waals surface area contributed by atoms with E-state index in [1.54, 1.807) is 0 Å². The zero-order valence-electron chi connectivity index (χ0n) is 25.0. The Morgan fingerprint density at radius 3 is 1.64 bits per heavy atom. The van der Waals surface area contributed by atoms with Crippen LogP contribution in [0.15, 0.2) is 133 Å². The molecule has 0 saturated heterocycles. The van der Waals surface area contributed by atoms with Gasteiger partial charge in [0.25, 0.3) is 0 Å². The lowest BCUT2D eigenvalue weighted by atomic mass is 9.68. The van der Waals surface area contributed by atoms with Crippen molar-refractivity contribution in [2.45, 2.75) is 25.7 Å². The summed E-state index contributed by atoms with van der Waals surface area (Å²) in [6.07, 6.45) is 0.774. The van der Waals surface area contributed by atoms with Gasteiger partial charge in [-0.2, -0.15) is 0 Å². The van der Waals surface area contributed by atoms with Crippen LogP contribution in [0.5, 0.6) is 5.75 Å². The van der Waals surface area contributed by atoms with Crippen LogP contribution in [0.2, 0.25) is 0 Å². The molecule has 0 aliphatic carbocycles. The van der Waals surface area contributed by atoms with Gasteiger partial charge in [0, 0.05) is 5.56 Å². The molecule has 218 valence electrons. The summed E-state index contributed by atoms with van der Waals surface area (Å²) in [6, 6.07) is 46.8. The summed E-state index contributed by atoms with van der Waals surface area (Å²) < 4.78 is 6.72. The van der Waals surface area contributed by atoms with Gasteiger partial charge in [-0.25, -0.2) is 0 Å². The van der Waals surface area contributed by atoms with E-state index in [4.69, 9.17) is 4.74 Å². The van der Waals surface area contributed by atoms with Crippen molar-refractivity contribution in [3.05, 3.63) is 161 Å². The van der Waals surface area contributed by atoms with Crippen LogP contribution in [0.25, 0.3) is 10.8 Å². The molecule has 4 N–H and O–H groups in total. The maximum atomic E-state index is 6.72. The van der Waals surface area contributed by atoms with Gasteiger partial charge in [0.05, 0.1) is 28.2 Å². The Balaban J connectivity index is 1.34. The number of hydrogen-bond acceptors (Lipinski definition) is 5. The molecular formula is C39H36N4O. The number of para-hydroxylation sites is 2. The summed E-state index contributed by atoms with van der Waals surface area (Å²) in [5.41, 5.74) is 23.4. The first-order valence-corrected chi connectivity index (χ1v) is 15.1. The number of nitrogens with one attached hydrogen (secondary N) is 4. The standard InChI is InChI=1S/C39H36N4O/c1-27-15-20-30(21-16-27)40-42-36-13-7-5-11-34(36)39(25-33-32-10-4-3-9-29(32)19-24-38(33)44-26-39)35-12-6-8-14-37(35)43-41-31-22-17-28(2)18-23-31/h3-24,40-43H,25-26H2,1-2H3. The third-order valence-corrected chi connectivity index (χ3v) is 8.62. The van der Waals surface area contributed by atoms with Crippen molar-refractivity contribution >= 4 is 33.5 Å². The molecule has 0 spiro atoms. The molecule has 0 amide bonds. The van der Waals surface area contributed by atoms with E-state index in [0.29, 0.717) is 6.61 Å². The third kappa shape index (κ3) is 5.29. The SMILES string of the molecule is Cc1ccc(NNc2ccccc2C2(c3ccccc3NNc3ccc(C)cc3)COc3ccc4ccccc4c3C2)cc1. The third-order valence-electron chi connectivity index (χ3n) is 8.62. The Bertz CT molecular complexity index is 1820. The molecule has 1 aliphatic heterocycles. The second-order valence-corrected chi connectivity index (χ2v) is 11.6. The zero-order valence-corrected chi connectivity index (χ0v) is 25.0. The minimum atomic E-state index is -0.506. The smallest absolute Gasteiger partial charge is 0.123 e. The first kappa shape index (κ1) is 27.4. The average Bonchev–Trinajstić information content (AvgIpc) is 3.08. The Labute approximate surface area is 258 Å². The molecule has 0 atom stereocenters. The summed E-state index contributed by atoms with van der Waals surface area (Å²) >= 11 is 0. The number of rotatable bonds is 8. The minimum Gasteiger partial charge on any atom is -0.492 e. The van der Waals surface area contributed by atoms with Gasteiger partial charge in [-0.05, 0) is 84.6 Å². The lowest BCUT2D eigenvalue weighted by molar-refractivity contribution is 0.217. The highest BCUT2D eigenvalue weighted by molar-refractivity contribution is 5.88. The summed E-state index contributed by atoms with van der Waals surface area (Å²) in [5, 5.41) is 2.44. The number of ether oxygens (including phenoxy) is 1. The van der Waals surface area contributed by atoms with Crippen LogP contribution in [0.1, 0.15) is 27.8 Å². The lowest BCUT2D eigenvalue weighted by Gasteiger charge is -2.41. The van der Waals surface area contributed by atoms with E-state index in [1.807, 2.05) is 0 Å². The van der Waals surface area contributed by atoms with Crippen LogP contribution in [0.4, 0.5) is 22.7 Å². The Morgan fingerprint density at radius 2 is 1.05 bits per heavy atom. The highest BCUT2D eigenvalue weighted by Gasteiger charge is 2.43. The van der Waals surface area contributed by atoms with E-state index in [9.17, 15) is 0 Å². The first-order valence-electron chi connectivity index (χ1n) is 15.1. The molecule has 0 radical (unpaired) electrons. The van der Waals surface area contributed by atoms with Crippen LogP contribution >= 0.6 is 0 Å². The van der Waals surface area contributed by atoms with Gasteiger partial charge in [0.1, 0.15) is 12.4 Å². The molecule has 0 unspecified atom stereocenters. The zero-order chi connectivity index (χ0) is 29.9. The Hall–Kier alpha value is -5.42. The maximum Gasteiger partial charge on any atom is 0.123 e. The van der Waals surface area contributed by atoms with Gasteiger partial charge in [-0.1, -0.05) is 102 Å². The van der Waals surface area contributed by atoms with E-state index in [-0.39, 0.29) is 0 Å². The predicted molar refractivity (Wildman–Crippen MR) is 184 cm³/mol. The maximum absolute atomic E-state index is 6.72. The molecule has 0 saturated carbocycles. The van der Waals surface area contributed by atoms with Crippen molar-refractivity contribution in [2.24, 2.45) is 0 Å². The van der Waals surface area contributed by atoms with Gasteiger partial charge < -0.3 is 26.4 Å². The fourth-order valence-corrected chi connectivity index (χ4v) is 6.25. The molecule has 0 bridgehead atoms. The topological polar surface area (TPSA) is 57.3 Å². The van der Waals surface area contributed by atoms with Crippen molar-refractivity contribution in [1.29, 1.82) is 0 Å². The quantitative estimate of drug-likeness (QED) is 0.136. The van der Waals surface area contributed by atoms with Gasteiger partial charge >= 0.3 is 0 Å². The van der Waals surface area contributed by atoms with Crippen molar-refractivity contribution in [2.75, 3.05) is 28.3 Å². The van der Waals surface area contributed by atoms with E-state index in [1.165, 1.54) is 27.5 Å². The number of hydrogen-bond donors (Lipinski definition) is 4.